The van der Waals surface area contributed by atoms with Gasteiger partial charge in [0.25, 0.3) is 5.92 Å². The normalized spacial score (nSPS) is 24.2. The van der Waals surface area contributed by atoms with Crippen LogP contribution in [0, 0.1) is 5.82 Å². The van der Waals surface area contributed by atoms with Crippen molar-refractivity contribution >= 4 is 16.1 Å². The highest BCUT2D eigenvalue weighted by atomic mass is 32.2. The second kappa shape index (κ2) is 8.12. The molecule has 34 heavy (non-hydrogen) atoms. The summed E-state index contributed by atoms with van der Waals surface area (Å²) in [6.45, 7) is -1.09. The summed E-state index contributed by atoms with van der Waals surface area (Å²) in [5.41, 5.74) is 1.27. The summed E-state index contributed by atoms with van der Waals surface area (Å²) in [7, 11) is -4.04. The number of ether oxygens (including phenoxy) is 1. The smallest absolute Gasteiger partial charge is 0.318 e. The number of benzene rings is 1. The number of alkyl halides is 2. The van der Waals surface area contributed by atoms with Crippen LogP contribution >= 0.6 is 0 Å². The third kappa shape index (κ3) is 4.43. The van der Waals surface area contributed by atoms with Crippen molar-refractivity contribution in [3.05, 3.63) is 53.0 Å². The van der Waals surface area contributed by atoms with E-state index in [2.05, 4.69) is 10.3 Å². The number of urea groups is 1. The standard InChI is InChI=1S/C22H23F3N4O4S/c1-34(31,32)28-19-16-9-13-3-2-4-17(18(13)23)33-20-15(12-5-6-12)8-7-14(27-20)10-26-21(30)29(16)11-22(19,24)25/h2-4,7-8,12,16,19,28H,5-6,9-11H2,1H3,(H,26,30)/t16-,19+/m0/s1. The number of hydrogen-bond donors (Lipinski definition) is 2. The van der Waals surface area contributed by atoms with Crippen molar-refractivity contribution < 1.29 is 31.1 Å². The SMILES string of the molecule is CS(=O)(=O)N[C@@H]1[C@@H]2Cc3cccc(c3F)Oc3nc(ccc3C3CC3)CNC(=O)N2CC1(F)F. The lowest BCUT2D eigenvalue weighted by atomic mass is 9.98. The summed E-state index contributed by atoms with van der Waals surface area (Å²) >= 11 is 0. The predicted octanol–water partition coefficient (Wildman–Crippen LogP) is 2.89. The quantitative estimate of drug-likeness (QED) is 0.681. The number of pyridine rings is 1. The Balaban J connectivity index is 1.59. The van der Waals surface area contributed by atoms with Crippen LogP contribution in [0.2, 0.25) is 0 Å². The first-order valence-corrected chi connectivity index (χ1v) is 12.8. The molecule has 2 atom stereocenters. The number of rotatable bonds is 3. The molecule has 1 aromatic heterocycles. The lowest BCUT2D eigenvalue weighted by molar-refractivity contribution is -0.00453. The third-order valence-electron chi connectivity index (χ3n) is 6.29. The molecule has 2 N–H and O–H groups in total. The molecule has 2 fully saturated rings. The summed E-state index contributed by atoms with van der Waals surface area (Å²) < 4.78 is 76.7. The van der Waals surface area contributed by atoms with Gasteiger partial charge < -0.3 is 15.0 Å². The summed E-state index contributed by atoms with van der Waals surface area (Å²) in [5.74, 6) is -3.95. The van der Waals surface area contributed by atoms with Crippen molar-refractivity contribution in [2.45, 2.75) is 49.7 Å². The molecule has 5 rings (SSSR count). The molecule has 1 aromatic carbocycles. The van der Waals surface area contributed by atoms with E-state index < -0.39 is 46.4 Å². The minimum absolute atomic E-state index is 0.0154. The molecule has 182 valence electrons. The molecule has 12 heteroatoms. The van der Waals surface area contributed by atoms with Crippen LogP contribution in [-0.2, 0) is 23.0 Å². The van der Waals surface area contributed by atoms with Crippen LogP contribution in [0.25, 0.3) is 0 Å². The molecule has 1 aliphatic carbocycles. The largest absolute Gasteiger partial charge is 0.436 e. The fourth-order valence-electron chi connectivity index (χ4n) is 4.51. The Morgan fingerprint density at radius 1 is 1.24 bits per heavy atom. The molecule has 8 nitrogen and oxygen atoms in total. The molecule has 3 heterocycles. The topological polar surface area (TPSA) is 101 Å². The van der Waals surface area contributed by atoms with E-state index in [1.807, 2.05) is 10.8 Å². The van der Waals surface area contributed by atoms with Gasteiger partial charge in [0.1, 0.15) is 6.04 Å². The highest BCUT2D eigenvalue weighted by molar-refractivity contribution is 7.88. The van der Waals surface area contributed by atoms with Crippen LogP contribution in [0.3, 0.4) is 0 Å². The zero-order valence-electron chi connectivity index (χ0n) is 18.2. The van der Waals surface area contributed by atoms with Crippen molar-refractivity contribution in [1.82, 2.24) is 19.9 Å². The van der Waals surface area contributed by atoms with Gasteiger partial charge in [-0.15, -0.1) is 0 Å². The highest BCUT2D eigenvalue weighted by Gasteiger charge is 2.57. The molecule has 0 spiro atoms. The summed E-state index contributed by atoms with van der Waals surface area (Å²) in [6.07, 6.45) is 2.35. The van der Waals surface area contributed by atoms with Crippen LogP contribution in [0.4, 0.5) is 18.0 Å². The Morgan fingerprint density at radius 2 is 2.00 bits per heavy atom. The van der Waals surface area contributed by atoms with E-state index >= 15 is 4.39 Å². The minimum atomic E-state index is -4.04. The van der Waals surface area contributed by atoms with Gasteiger partial charge in [-0.1, -0.05) is 18.2 Å². The van der Waals surface area contributed by atoms with E-state index in [-0.39, 0.29) is 36.1 Å². The van der Waals surface area contributed by atoms with E-state index in [4.69, 9.17) is 4.74 Å². The number of carbonyl (C=O) groups excluding carboxylic acids is 1. The van der Waals surface area contributed by atoms with Crippen molar-refractivity contribution in [2.75, 3.05) is 12.8 Å². The first kappa shape index (κ1) is 22.9. The third-order valence-corrected chi connectivity index (χ3v) is 6.97. The summed E-state index contributed by atoms with van der Waals surface area (Å²) in [6, 6.07) is 3.77. The molecule has 2 aliphatic heterocycles. The average Bonchev–Trinajstić information content (AvgIpc) is 3.56. The maximum atomic E-state index is 15.5. The van der Waals surface area contributed by atoms with E-state index in [9.17, 15) is 22.0 Å². The van der Waals surface area contributed by atoms with Gasteiger partial charge in [0.05, 0.1) is 31.1 Å². The van der Waals surface area contributed by atoms with E-state index in [1.54, 1.807) is 6.07 Å². The number of amides is 2. The maximum absolute atomic E-state index is 15.5. The Kier molecular flexibility index (Phi) is 5.47. The van der Waals surface area contributed by atoms with Gasteiger partial charge >= 0.3 is 6.03 Å². The lowest BCUT2D eigenvalue weighted by Gasteiger charge is -2.28. The van der Waals surface area contributed by atoms with Gasteiger partial charge in [-0.05, 0) is 42.9 Å². The molecule has 0 unspecified atom stereocenters. The molecule has 2 amide bonds. The molecular formula is C22H23F3N4O4S. The van der Waals surface area contributed by atoms with Crippen molar-refractivity contribution in [3.63, 3.8) is 0 Å². The summed E-state index contributed by atoms with van der Waals surface area (Å²) in [5, 5.41) is 2.57. The molecule has 0 radical (unpaired) electrons. The highest BCUT2D eigenvalue weighted by Crippen LogP contribution is 2.45. The number of halogens is 3. The van der Waals surface area contributed by atoms with E-state index in [0.29, 0.717) is 5.69 Å². The zero-order chi connectivity index (χ0) is 24.3. The van der Waals surface area contributed by atoms with Crippen molar-refractivity contribution in [1.29, 1.82) is 0 Å². The van der Waals surface area contributed by atoms with Crippen LogP contribution in [0.1, 0.15) is 35.6 Å². The number of carbonyl (C=O) groups is 1. The number of nitrogens with zero attached hydrogens (tertiary/aromatic N) is 2. The van der Waals surface area contributed by atoms with Gasteiger partial charge in [-0.2, -0.15) is 0 Å². The molecule has 1 saturated heterocycles. The Labute approximate surface area is 194 Å². The zero-order valence-corrected chi connectivity index (χ0v) is 19.0. The molecular weight excluding hydrogens is 473 g/mol. The van der Waals surface area contributed by atoms with Gasteiger partial charge in [0.2, 0.25) is 15.9 Å². The first-order valence-electron chi connectivity index (χ1n) is 10.9. The van der Waals surface area contributed by atoms with Crippen molar-refractivity contribution in [2.24, 2.45) is 0 Å². The monoisotopic (exact) mass is 496 g/mol. The second-order valence-corrected chi connectivity index (χ2v) is 10.8. The molecule has 2 aromatic rings. The van der Waals surface area contributed by atoms with Crippen molar-refractivity contribution in [3.8, 4) is 11.6 Å². The second-order valence-electron chi connectivity index (χ2n) is 8.99. The average molecular weight is 497 g/mol. The van der Waals surface area contributed by atoms with E-state index in [1.165, 1.54) is 18.2 Å². The molecule has 1 saturated carbocycles. The fourth-order valence-corrected chi connectivity index (χ4v) is 5.31. The van der Waals surface area contributed by atoms with Crippen LogP contribution in [-0.4, -0.2) is 55.1 Å². The van der Waals surface area contributed by atoms with Crippen LogP contribution in [0.5, 0.6) is 11.6 Å². The Hall–Kier alpha value is -2.86. The van der Waals surface area contributed by atoms with Gasteiger partial charge in [0.15, 0.2) is 11.6 Å². The van der Waals surface area contributed by atoms with Crippen LogP contribution in [0.15, 0.2) is 30.3 Å². The molecule has 3 aliphatic rings. The number of aromatic nitrogens is 1. The fraction of sp³-hybridized carbons (Fsp3) is 0.455. The van der Waals surface area contributed by atoms with Crippen LogP contribution < -0.4 is 14.8 Å². The van der Waals surface area contributed by atoms with E-state index in [0.717, 1.165) is 29.6 Å². The van der Waals surface area contributed by atoms with Gasteiger partial charge in [-0.3, -0.25) is 0 Å². The Bertz CT molecular complexity index is 1250. The number of sulfonamides is 1. The number of nitrogens with one attached hydrogen (secondary N) is 2. The number of fused-ring (bicyclic) bond motifs is 5. The minimum Gasteiger partial charge on any atom is -0.436 e. The molecule has 4 bridgehead atoms. The Morgan fingerprint density at radius 3 is 2.71 bits per heavy atom. The number of hydrogen-bond acceptors (Lipinski definition) is 5. The van der Waals surface area contributed by atoms with Gasteiger partial charge in [0, 0.05) is 5.56 Å². The first-order chi connectivity index (χ1) is 16.0. The predicted molar refractivity (Wildman–Crippen MR) is 116 cm³/mol. The maximum Gasteiger partial charge on any atom is 0.318 e. The van der Waals surface area contributed by atoms with Gasteiger partial charge in [-0.25, -0.2) is 36.1 Å². The lowest BCUT2D eigenvalue weighted by Crippen LogP contribution is -2.53. The summed E-state index contributed by atoms with van der Waals surface area (Å²) in [4.78, 5) is 18.2.